The second-order valence-corrected chi connectivity index (χ2v) is 8.37. The van der Waals surface area contributed by atoms with Gasteiger partial charge in [-0.1, -0.05) is 40.9 Å². The van der Waals surface area contributed by atoms with Crippen LogP contribution in [0.2, 0.25) is 10.0 Å². The lowest BCUT2D eigenvalue weighted by Gasteiger charge is -2.32. The Morgan fingerprint density at radius 2 is 1.80 bits per heavy atom. The predicted molar refractivity (Wildman–Crippen MR) is 119 cm³/mol. The number of amides is 2. The topological polar surface area (TPSA) is 58.6 Å². The summed E-state index contributed by atoms with van der Waals surface area (Å²) in [7, 11) is 0. The van der Waals surface area contributed by atoms with Crippen molar-refractivity contribution in [3.63, 3.8) is 0 Å². The number of likely N-dealkylation sites (tertiary alicyclic amines) is 1. The average Bonchev–Trinajstić information content (AvgIpc) is 2.73. The van der Waals surface area contributed by atoms with E-state index >= 15 is 0 Å². The fraction of sp³-hybridized carbons (Fsp3) is 0.391. The maximum absolute atomic E-state index is 12.7. The zero-order valence-corrected chi connectivity index (χ0v) is 18.5. The molecule has 1 saturated heterocycles. The Hall–Kier alpha value is -2.24. The van der Waals surface area contributed by atoms with E-state index in [-0.39, 0.29) is 17.9 Å². The van der Waals surface area contributed by atoms with Crippen LogP contribution in [0, 0.1) is 6.92 Å². The molecule has 1 aliphatic heterocycles. The van der Waals surface area contributed by atoms with Crippen LogP contribution in [0.25, 0.3) is 0 Å². The highest BCUT2D eigenvalue weighted by Crippen LogP contribution is 2.23. The first kappa shape index (κ1) is 22.4. The summed E-state index contributed by atoms with van der Waals surface area (Å²) < 4.78 is 5.66. The van der Waals surface area contributed by atoms with E-state index in [1.807, 2.05) is 31.2 Å². The van der Waals surface area contributed by atoms with Gasteiger partial charge in [0, 0.05) is 30.6 Å². The number of piperidine rings is 1. The summed E-state index contributed by atoms with van der Waals surface area (Å²) in [6.45, 7) is 3.70. The Balaban J connectivity index is 1.36. The lowest BCUT2D eigenvalue weighted by atomic mass is 10.0. The minimum Gasteiger partial charge on any atom is -0.494 e. The maximum Gasteiger partial charge on any atom is 0.255 e. The molecule has 7 heteroatoms. The van der Waals surface area contributed by atoms with Gasteiger partial charge in [0.05, 0.1) is 17.2 Å². The smallest absolute Gasteiger partial charge is 0.255 e. The highest BCUT2D eigenvalue weighted by atomic mass is 35.5. The molecule has 3 rings (SSSR count). The molecule has 2 amide bonds. The number of nitrogens with zero attached hydrogens (tertiary/aromatic N) is 1. The van der Waals surface area contributed by atoms with Crippen molar-refractivity contribution in [2.45, 2.75) is 38.6 Å². The second-order valence-electron chi connectivity index (χ2n) is 7.52. The van der Waals surface area contributed by atoms with Crippen molar-refractivity contribution in [2.24, 2.45) is 0 Å². The summed E-state index contributed by atoms with van der Waals surface area (Å²) in [4.78, 5) is 26.6. The Labute approximate surface area is 187 Å². The number of benzene rings is 2. The first-order valence-electron chi connectivity index (χ1n) is 10.2. The van der Waals surface area contributed by atoms with Gasteiger partial charge in [-0.15, -0.1) is 0 Å². The summed E-state index contributed by atoms with van der Waals surface area (Å²) in [5.74, 6) is 0.738. The summed E-state index contributed by atoms with van der Waals surface area (Å²) in [5, 5.41) is 3.93. The van der Waals surface area contributed by atoms with E-state index in [0.717, 1.165) is 18.6 Å². The van der Waals surface area contributed by atoms with E-state index in [4.69, 9.17) is 27.9 Å². The number of nitrogens with one attached hydrogen (secondary N) is 1. The van der Waals surface area contributed by atoms with Gasteiger partial charge in [-0.25, -0.2) is 0 Å². The summed E-state index contributed by atoms with van der Waals surface area (Å²) in [5.41, 5.74) is 1.64. The number of rotatable bonds is 7. The zero-order valence-electron chi connectivity index (χ0n) is 17.0. The van der Waals surface area contributed by atoms with Crippen LogP contribution in [0.1, 0.15) is 41.6 Å². The van der Waals surface area contributed by atoms with E-state index < -0.39 is 0 Å². The molecule has 0 bridgehead atoms. The van der Waals surface area contributed by atoms with Crippen molar-refractivity contribution in [2.75, 3.05) is 19.7 Å². The monoisotopic (exact) mass is 448 g/mol. The Kier molecular flexibility index (Phi) is 8.00. The van der Waals surface area contributed by atoms with Crippen molar-refractivity contribution in [3.05, 3.63) is 63.6 Å². The van der Waals surface area contributed by atoms with Crippen molar-refractivity contribution in [1.29, 1.82) is 0 Å². The van der Waals surface area contributed by atoms with Crippen molar-refractivity contribution in [1.82, 2.24) is 10.2 Å². The van der Waals surface area contributed by atoms with E-state index in [0.29, 0.717) is 48.1 Å². The Morgan fingerprint density at radius 3 is 2.47 bits per heavy atom. The normalized spacial score (nSPS) is 14.4. The molecule has 0 aromatic heterocycles. The number of carbonyl (C=O) groups is 2. The van der Waals surface area contributed by atoms with Gasteiger partial charge in [0.25, 0.3) is 5.91 Å². The van der Waals surface area contributed by atoms with Crippen LogP contribution in [0.5, 0.6) is 5.75 Å². The molecule has 0 unspecified atom stereocenters. The fourth-order valence-electron chi connectivity index (χ4n) is 3.42. The summed E-state index contributed by atoms with van der Waals surface area (Å²) in [6.07, 6.45) is 2.53. The number of aryl methyl sites for hydroxylation is 1. The van der Waals surface area contributed by atoms with Crippen LogP contribution >= 0.6 is 23.2 Å². The summed E-state index contributed by atoms with van der Waals surface area (Å²) in [6, 6.07) is 12.8. The lowest BCUT2D eigenvalue weighted by Crippen LogP contribution is -2.46. The van der Waals surface area contributed by atoms with E-state index in [1.165, 1.54) is 5.56 Å². The standard InChI is InChI=1S/C23H26Cl2N2O3/c1-16-4-7-19(8-5-16)30-14-2-3-22(28)26-18-10-12-27(13-11-18)23(29)20-9-6-17(24)15-21(20)25/h4-9,15,18H,2-3,10-14H2,1H3,(H,26,28). The van der Waals surface area contributed by atoms with Gasteiger partial charge in [-0.05, 0) is 56.5 Å². The minimum atomic E-state index is -0.102. The first-order chi connectivity index (χ1) is 14.4. The molecule has 5 nitrogen and oxygen atoms in total. The number of ether oxygens (including phenoxy) is 1. The average molecular weight is 449 g/mol. The lowest BCUT2D eigenvalue weighted by molar-refractivity contribution is -0.122. The summed E-state index contributed by atoms with van der Waals surface area (Å²) >= 11 is 12.0. The number of carbonyl (C=O) groups excluding carboxylic acids is 2. The largest absolute Gasteiger partial charge is 0.494 e. The third-order valence-electron chi connectivity index (χ3n) is 5.15. The van der Waals surface area contributed by atoms with Crippen LogP contribution in [-0.4, -0.2) is 42.5 Å². The van der Waals surface area contributed by atoms with Crippen LogP contribution in [-0.2, 0) is 4.79 Å². The maximum atomic E-state index is 12.7. The molecule has 0 aliphatic carbocycles. The number of hydrogen-bond donors (Lipinski definition) is 1. The van der Waals surface area contributed by atoms with Gasteiger partial charge in [0.1, 0.15) is 5.75 Å². The fourth-order valence-corrected chi connectivity index (χ4v) is 3.91. The number of hydrogen-bond acceptors (Lipinski definition) is 3. The van der Waals surface area contributed by atoms with E-state index in [1.54, 1.807) is 23.1 Å². The minimum absolute atomic E-state index is 0.0213. The molecule has 0 spiro atoms. The van der Waals surface area contributed by atoms with Gasteiger partial charge >= 0.3 is 0 Å². The van der Waals surface area contributed by atoms with Crippen molar-refractivity contribution < 1.29 is 14.3 Å². The third-order valence-corrected chi connectivity index (χ3v) is 5.69. The van der Waals surface area contributed by atoms with Crippen molar-refractivity contribution in [3.8, 4) is 5.75 Å². The molecule has 160 valence electrons. The zero-order chi connectivity index (χ0) is 21.5. The quantitative estimate of drug-likeness (QED) is 0.613. The molecule has 30 heavy (non-hydrogen) atoms. The molecular formula is C23H26Cl2N2O3. The van der Waals surface area contributed by atoms with Crippen molar-refractivity contribution >= 4 is 35.0 Å². The van der Waals surface area contributed by atoms with Gasteiger partial charge in [-0.2, -0.15) is 0 Å². The molecule has 0 saturated carbocycles. The molecule has 0 atom stereocenters. The second kappa shape index (κ2) is 10.7. The SMILES string of the molecule is Cc1ccc(OCCCC(=O)NC2CCN(C(=O)c3ccc(Cl)cc3Cl)CC2)cc1. The molecule has 2 aromatic rings. The van der Waals surface area contributed by atoms with Crippen LogP contribution < -0.4 is 10.1 Å². The molecule has 1 N–H and O–H groups in total. The Bertz CT molecular complexity index is 879. The molecule has 1 fully saturated rings. The Morgan fingerprint density at radius 1 is 1.10 bits per heavy atom. The molecule has 1 heterocycles. The molecule has 0 radical (unpaired) electrons. The highest BCUT2D eigenvalue weighted by molar-refractivity contribution is 6.36. The third kappa shape index (κ3) is 6.38. The van der Waals surface area contributed by atoms with Crippen LogP contribution in [0.4, 0.5) is 0 Å². The highest BCUT2D eigenvalue weighted by Gasteiger charge is 2.25. The van der Waals surface area contributed by atoms with Crippen LogP contribution in [0.3, 0.4) is 0 Å². The van der Waals surface area contributed by atoms with Gasteiger partial charge in [-0.3, -0.25) is 9.59 Å². The van der Waals surface area contributed by atoms with Crippen LogP contribution in [0.15, 0.2) is 42.5 Å². The van der Waals surface area contributed by atoms with E-state index in [9.17, 15) is 9.59 Å². The predicted octanol–water partition coefficient (Wildman–Crippen LogP) is 4.88. The number of halogens is 2. The molecular weight excluding hydrogens is 423 g/mol. The van der Waals surface area contributed by atoms with Gasteiger partial charge in [0.2, 0.25) is 5.91 Å². The molecule has 1 aliphatic rings. The van der Waals surface area contributed by atoms with E-state index in [2.05, 4.69) is 5.32 Å². The van der Waals surface area contributed by atoms with Gasteiger partial charge in [0.15, 0.2) is 0 Å². The van der Waals surface area contributed by atoms with Gasteiger partial charge < -0.3 is 15.0 Å². The molecule has 2 aromatic carbocycles. The first-order valence-corrected chi connectivity index (χ1v) is 10.9.